The van der Waals surface area contributed by atoms with E-state index < -0.39 is 0 Å². The average molecular weight is 280 g/mol. The van der Waals surface area contributed by atoms with E-state index in [1.54, 1.807) is 11.3 Å². The Morgan fingerprint density at radius 3 is 2.68 bits per heavy atom. The van der Waals surface area contributed by atoms with Gasteiger partial charge in [0.2, 0.25) is 0 Å². The second kappa shape index (κ2) is 5.90. The number of ether oxygens (including phenoxy) is 1. The SMILES string of the molecule is COC1(c2nc(CNC3CC3)cs2)CCCCCC1. The van der Waals surface area contributed by atoms with Gasteiger partial charge in [0, 0.05) is 25.1 Å². The Balaban J connectivity index is 1.70. The van der Waals surface area contributed by atoms with Crippen LogP contribution in [0.25, 0.3) is 0 Å². The quantitative estimate of drug-likeness (QED) is 0.837. The highest BCUT2D eigenvalue weighted by Crippen LogP contribution is 2.40. The second-order valence-electron chi connectivity index (χ2n) is 5.91. The van der Waals surface area contributed by atoms with Crippen LogP contribution in [-0.2, 0) is 16.9 Å². The topological polar surface area (TPSA) is 34.1 Å². The summed E-state index contributed by atoms with van der Waals surface area (Å²) >= 11 is 1.78. The zero-order chi connectivity index (χ0) is 13.1. The summed E-state index contributed by atoms with van der Waals surface area (Å²) in [6.07, 6.45) is 10.1. The number of thiazole rings is 1. The van der Waals surface area contributed by atoms with Crippen molar-refractivity contribution in [2.45, 2.75) is 69.6 Å². The van der Waals surface area contributed by atoms with Gasteiger partial charge in [0.15, 0.2) is 0 Å². The van der Waals surface area contributed by atoms with Crippen LogP contribution in [0, 0.1) is 0 Å². The van der Waals surface area contributed by atoms with Crippen LogP contribution in [0.1, 0.15) is 62.1 Å². The first-order valence-electron chi connectivity index (χ1n) is 7.56. The monoisotopic (exact) mass is 280 g/mol. The van der Waals surface area contributed by atoms with Crippen molar-refractivity contribution in [3.63, 3.8) is 0 Å². The molecular weight excluding hydrogens is 256 g/mol. The van der Waals surface area contributed by atoms with E-state index in [1.807, 2.05) is 7.11 Å². The van der Waals surface area contributed by atoms with Crippen molar-refractivity contribution >= 4 is 11.3 Å². The standard InChI is InChI=1S/C15H24N2OS/c1-18-15(8-4-2-3-5-9-15)14-17-13(11-19-14)10-16-12-6-7-12/h11-12,16H,2-10H2,1H3. The molecule has 19 heavy (non-hydrogen) atoms. The van der Waals surface area contributed by atoms with Crippen LogP contribution in [0.15, 0.2) is 5.38 Å². The molecule has 2 saturated carbocycles. The van der Waals surface area contributed by atoms with Crippen molar-refractivity contribution in [1.82, 2.24) is 10.3 Å². The van der Waals surface area contributed by atoms with Crippen LogP contribution >= 0.6 is 11.3 Å². The lowest BCUT2D eigenvalue weighted by Crippen LogP contribution is -2.27. The Labute approximate surface area is 119 Å². The number of methoxy groups -OCH3 is 1. The minimum Gasteiger partial charge on any atom is -0.371 e. The van der Waals surface area contributed by atoms with Gasteiger partial charge in [-0.2, -0.15) is 0 Å². The molecule has 0 aliphatic heterocycles. The van der Waals surface area contributed by atoms with Gasteiger partial charge in [-0.05, 0) is 25.7 Å². The summed E-state index contributed by atoms with van der Waals surface area (Å²) < 4.78 is 5.92. The third-order valence-electron chi connectivity index (χ3n) is 4.39. The molecule has 1 aromatic rings. The number of nitrogens with one attached hydrogen (secondary N) is 1. The molecule has 2 aliphatic carbocycles. The average Bonchev–Trinajstić information content (AvgIpc) is 3.20. The summed E-state index contributed by atoms with van der Waals surface area (Å²) in [6.45, 7) is 0.918. The highest BCUT2D eigenvalue weighted by atomic mass is 32.1. The summed E-state index contributed by atoms with van der Waals surface area (Å²) in [4.78, 5) is 4.85. The first-order valence-corrected chi connectivity index (χ1v) is 8.44. The Kier molecular flexibility index (Phi) is 4.20. The van der Waals surface area contributed by atoms with E-state index in [0.717, 1.165) is 25.4 Å². The molecule has 1 aromatic heterocycles. The minimum atomic E-state index is -0.0982. The van der Waals surface area contributed by atoms with Crippen molar-refractivity contribution in [3.05, 3.63) is 16.1 Å². The largest absolute Gasteiger partial charge is 0.371 e. The molecule has 0 atom stereocenters. The van der Waals surface area contributed by atoms with Crippen molar-refractivity contribution in [2.24, 2.45) is 0 Å². The Bertz CT molecular complexity index is 406. The fourth-order valence-electron chi connectivity index (χ4n) is 2.94. The Hall–Kier alpha value is -0.450. The highest BCUT2D eigenvalue weighted by molar-refractivity contribution is 7.09. The molecule has 4 heteroatoms. The summed E-state index contributed by atoms with van der Waals surface area (Å²) in [5, 5.41) is 6.94. The smallest absolute Gasteiger partial charge is 0.125 e. The summed E-state index contributed by atoms with van der Waals surface area (Å²) in [6, 6.07) is 0.749. The molecule has 0 amide bonds. The molecule has 1 N–H and O–H groups in total. The normalized spacial score (nSPS) is 23.2. The van der Waals surface area contributed by atoms with Crippen LogP contribution in [0.5, 0.6) is 0 Å². The van der Waals surface area contributed by atoms with E-state index in [-0.39, 0.29) is 5.60 Å². The number of nitrogens with zero attached hydrogens (tertiary/aromatic N) is 1. The molecular formula is C15H24N2OS. The Morgan fingerprint density at radius 2 is 2.05 bits per heavy atom. The number of hydrogen-bond acceptors (Lipinski definition) is 4. The zero-order valence-electron chi connectivity index (χ0n) is 11.8. The minimum absolute atomic E-state index is 0.0982. The van der Waals surface area contributed by atoms with E-state index >= 15 is 0 Å². The molecule has 0 bridgehead atoms. The van der Waals surface area contributed by atoms with Gasteiger partial charge in [0.25, 0.3) is 0 Å². The fourth-order valence-corrected chi connectivity index (χ4v) is 3.99. The van der Waals surface area contributed by atoms with E-state index in [0.29, 0.717) is 0 Å². The third kappa shape index (κ3) is 3.18. The summed E-state index contributed by atoms with van der Waals surface area (Å²) in [5.74, 6) is 0. The van der Waals surface area contributed by atoms with Crippen molar-refractivity contribution in [2.75, 3.05) is 7.11 Å². The van der Waals surface area contributed by atoms with Gasteiger partial charge in [-0.15, -0.1) is 11.3 Å². The van der Waals surface area contributed by atoms with Crippen LogP contribution in [0.4, 0.5) is 0 Å². The first kappa shape index (κ1) is 13.5. The molecule has 2 aliphatic rings. The molecule has 0 spiro atoms. The van der Waals surface area contributed by atoms with Crippen LogP contribution in [-0.4, -0.2) is 18.1 Å². The van der Waals surface area contributed by atoms with Crippen LogP contribution < -0.4 is 5.32 Å². The lowest BCUT2D eigenvalue weighted by molar-refractivity contribution is -0.0280. The molecule has 0 radical (unpaired) electrons. The maximum atomic E-state index is 5.92. The highest BCUT2D eigenvalue weighted by Gasteiger charge is 2.35. The van der Waals surface area contributed by atoms with Gasteiger partial charge in [-0.3, -0.25) is 0 Å². The molecule has 2 fully saturated rings. The van der Waals surface area contributed by atoms with Gasteiger partial charge >= 0.3 is 0 Å². The number of aromatic nitrogens is 1. The lowest BCUT2D eigenvalue weighted by Gasteiger charge is -2.29. The molecule has 0 saturated heterocycles. The van der Waals surface area contributed by atoms with Gasteiger partial charge in [-0.25, -0.2) is 4.98 Å². The Morgan fingerprint density at radius 1 is 1.32 bits per heavy atom. The molecule has 3 nitrogen and oxygen atoms in total. The predicted octanol–water partition coefficient (Wildman–Crippen LogP) is 3.59. The van der Waals surface area contributed by atoms with Gasteiger partial charge in [-0.1, -0.05) is 25.7 Å². The maximum absolute atomic E-state index is 5.92. The van der Waals surface area contributed by atoms with Crippen molar-refractivity contribution in [3.8, 4) is 0 Å². The lowest BCUT2D eigenvalue weighted by atomic mass is 9.95. The van der Waals surface area contributed by atoms with E-state index in [9.17, 15) is 0 Å². The van der Waals surface area contributed by atoms with Crippen LogP contribution in [0.3, 0.4) is 0 Å². The molecule has 3 rings (SSSR count). The number of rotatable bonds is 5. The number of hydrogen-bond donors (Lipinski definition) is 1. The van der Waals surface area contributed by atoms with Crippen molar-refractivity contribution < 1.29 is 4.74 Å². The van der Waals surface area contributed by atoms with E-state index in [1.165, 1.54) is 49.2 Å². The third-order valence-corrected chi connectivity index (χ3v) is 5.47. The van der Waals surface area contributed by atoms with E-state index in [4.69, 9.17) is 9.72 Å². The van der Waals surface area contributed by atoms with Gasteiger partial charge in [0.05, 0.1) is 5.69 Å². The fraction of sp³-hybridized carbons (Fsp3) is 0.800. The van der Waals surface area contributed by atoms with Gasteiger partial charge in [0.1, 0.15) is 10.6 Å². The predicted molar refractivity (Wildman–Crippen MR) is 78.4 cm³/mol. The molecule has 106 valence electrons. The maximum Gasteiger partial charge on any atom is 0.125 e. The second-order valence-corrected chi connectivity index (χ2v) is 6.77. The van der Waals surface area contributed by atoms with Gasteiger partial charge < -0.3 is 10.1 Å². The van der Waals surface area contributed by atoms with E-state index in [2.05, 4.69) is 10.7 Å². The first-order chi connectivity index (χ1) is 9.32. The van der Waals surface area contributed by atoms with Crippen LogP contribution in [0.2, 0.25) is 0 Å². The molecule has 0 aromatic carbocycles. The summed E-state index contributed by atoms with van der Waals surface area (Å²) in [5.41, 5.74) is 1.09. The molecule has 1 heterocycles. The summed E-state index contributed by atoms with van der Waals surface area (Å²) in [7, 11) is 1.86. The molecule has 0 unspecified atom stereocenters. The van der Waals surface area contributed by atoms with Crippen molar-refractivity contribution in [1.29, 1.82) is 0 Å². The zero-order valence-corrected chi connectivity index (χ0v) is 12.6.